The molecule has 0 bridgehead atoms. The Morgan fingerprint density at radius 2 is 1.93 bits per heavy atom. The summed E-state index contributed by atoms with van der Waals surface area (Å²) in [6, 6.07) is -0.0698. The zero-order valence-corrected chi connectivity index (χ0v) is 10.4. The van der Waals surface area contributed by atoms with E-state index in [2.05, 4.69) is 31.4 Å². The highest BCUT2D eigenvalue weighted by atomic mass is 16.2. The number of hydrogen-bond donors (Lipinski definition) is 2. The Bertz CT molecular complexity index is 238. The monoisotopic (exact) mass is 212 g/mol. The Labute approximate surface area is 93.0 Å². The van der Waals surface area contributed by atoms with E-state index < -0.39 is 0 Å². The second-order valence-electron chi connectivity index (χ2n) is 5.94. The first-order chi connectivity index (χ1) is 6.87. The lowest BCUT2D eigenvalue weighted by atomic mass is 9.64. The molecule has 1 aliphatic carbocycles. The fourth-order valence-electron chi connectivity index (χ4n) is 2.86. The Morgan fingerprint density at radius 1 is 1.27 bits per heavy atom. The van der Waals surface area contributed by atoms with Gasteiger partial charge in [-0.3, -0.25) is 0 Å². The van der Waals surface area contributed by atoms with Gasteiger partial charge in [-0.05, 0) is 30.1 Å². The predicted molar refractivity (Wildman–Crippen MR) is 62.8 cm³/mol. The number of amides is 2. The lowest BCUT2D eigenvalue weighted by Gasteiger charge is -2.42. The van der Waals surface area contributed by atoms with Gasteiger partial charge in [0.1, 0.15) is 0 Å². The molecule has 0 aromatic rings. The minimum atomic E-state index is -0.0698. The zero-order chi connectivity index (χ0) is 11.5. The Kier molecular flexibility index (Phi) is 3.63. The van der Waals surface area contributed by atoms with Crippen LogP contribution in [0, 0.1) is 10.8 Å². The molecule has 0 heterocycles. The number of hydrogen-bond acceptors (Lipinski definition) is 1. The van der Waals surface area contributed by atoms with E-state index in [1.807, 2.05) is 0 Å². The largest absolute Gasteiger partial charge is 0.341 e. The summed E-state index contributed by atoms with van der Waals surface area (Å²) in [6.45, 7) is 7.72. The fraction of sp³-hybridized carbons (Fsp3) is 0.917. The van der Waals surface area contributed by atoms with Crippen LogP contribution in [-0.4, -0.2) is 19.6 Å². The molecular formula is C12H24N2O. The molecule has 1 atom stereocenters. The van der Waals surface area contributed by atoms with Crippen molar-refractivity contribution < 1.29 is 4.79 Å². The van der Waals surface area contributed by atoms with E-state index in [9.17, 15) is 4.79 Å². The van der Waals surface area contributed by atoms with E-state index in [4.69, 9.17) is 0 Å². The van der Waals surface area contributed by atoms with Crippen molar-refractivity contribution >= 4 is 6.03 Å². The van der Waals surface area contributed by atoms with Crippen molar-refractivity contribution in [3.8, 4) is 0 Å². The number of rotatable bonds is 2. The molecule has 88 valence electrons. The van der Waals surface area contributed by atoms with Gasteiger partial charge in [0.05, 0.1) is 0 Å². The standard InChI is InChI=1S/C12H24N2O/c1-11(2)6-5-7-12(3,8-11)9-14-10(15)13-4/h5-9H2,1-4H3,(H2,13,14,15). The van der Waals surface area contributed by atoms with Crippen LogP contribution in [0.5, 0.6) is 0 Å². The number of carbonyl (C=O) groups is 1. The Morgan fingerprint density at radius 3 is 2.47 bits per heavy atom. The van der Waals surface area contributed by atoms with Crippen LogP contribution in [0.1, 0.15) is 46.5 Å². The normalized spacial score (nSPS) is 29.6. The summed E-state index contributed by atoms with van der Waals surface area (Å²) in [4.78, 5) is 11.1. The second kappa shape index (κ2) is 4.42. The number of urea groups is 1. The van der Waals surface area contributed by atoms with Crippen LogP contribution in [0.2, 0.25) is 0 Å². The number of carbonyl (C=O) groups excluding carboxylic acids is 1. The van der Waals surface area contributed by atoms with Gasteiger partial charge in [0.2, 0.25) is 0 Å². The van der Waals surface area contributed by atoms with E-state index in [0.717, 1.165) is 6.54 Å². The summed E-state index contributed by atoms with van der Waals surface area (Å²) >= 11 is 0. The quantitative estimate of drug-likeness (QED) is 0.725. The molecule has 2 N–H and O–H groups in total. The lowest BCUT2D eigenvalue weighted by Crippen LogP contribution is -2.43. The molecule has 15 heavy (non-hydrogen) atoms. The third-order valence-corrected chi connectivity index (χ3v) is 3.44. The molecule has 1 fully saturated rings. The summed E-state index contributed by atoms with van der Waals surface area (Å²) < 4.78 is 0. The molecule has 0 saturated heterocycles. The molecule has 3 nitrogen and oxygen atoms in total. The van der Waals surface area contributed by atoms with E-state index in [1.165, 1.54) is 25.7 Å². The molecule has 1 rings (SSSR count). The predicted octanol–water partition coefficient (Wildman–Crippen LogP) is 2.52. The summed E-state index contributed by atoms with van der Waals surface area (Å²) in [5, 5.41) is 5.52. The Hall–Kier alpha value is -0.730. The molecule has 1 saturated carbocycles. The molecule has 0 aromatic heterocycles. The van der Waals surface area contributed by atoms with Gasteiger partial charge in [-0.1, -0.05) is 27.2 Å². The maximum absolute atomic E-state index is 11.1. The molecule has 0 spiro atoms. The topological polar surface area (TPSA) is 41.1 Å². The fourth-order valence-corrected chi connectivity index (χ4v) is 2.86. The summed E-state index contributed by atoms with van der Waals surface area (Å²) in [6.07, 6.45) is 5.01. The Balaban J connectivity index is 2.47. The van der Waals surface area contributed by atoms with Crippen molar-refractivity contribution in [3.05, 3.63) is 0 Å². The van der Waals surface area contributed by atoms with Gasteiger partial charge < -0.3 is 10.6 Å². The van der Waals surface area contributed by atoms with E-state index in [-0.39, 0.29) is 11.4 Å². The van der Waals surface area contributed by atoms with Crippen LogP contribution in [-0.2, 0) is 0 Å². The molecule has 1 unspecified atom stereocenters. The highest BCUT2D eigenvalue weighted by Gasteiger charge is 2.36. The van der Waals surface area contributed by atoms with Crippen molar-refractivity contribution in [2.24, 2.45) is 10.8 Å². The van der Waals surface area contributed by atoms with Crippen LogP contribution in [0.15, 0.2) is 0 Å². The van der Waals surface area contributed by atoms with Crippen LogP contribution in [0.3, 0.4) is 0 Å². The maximum Gasteiger partial charge on any atom is 0.314 e. The van der Waals surface area contributed by atoms with Crippen molar-refractivity contribution in [3.63, 3.8) is 0 Å². The van der Waals surface area contributed by atoms with E-state index in [0.29, 0.717) is 5.41 Å². The first-order valence-corrected chi connectivity index (χ1v) is 5.83. The average Bonchev–Trinajstić information content (AvgIpc) is 2.12. The van der Waals surface area contributed by atoms with Gasteiger partial charge in [0, 0.05) is 13.6 Å². The first-order valence-electron chi connectivity index (χ1n) is 5.83. The van der Waals surface area contributed by atoms with Gasteiger partial charge in [0.25, 0.3) is 0 Å². The average molecular weight is 212 g/mol. The SMILES string of the molecule is CNC(=O)NCC1(C)CCCC(C)(C)C1. The molecule has 0 aliphatic heterocycles. The summed E-state index contributed by atoms with van der Waals surface area (Å²) in [5.74, 6) is 0. The molecule has 2 amide bonds. The number of nitrogens with one attached hydrogen (secondary N) is 2. The third-order valence-electron chi connectivity index (χ3n) is 3.44. The molecule has 1 aliphatic rings. The van der Waals surface area contributed by atoms with Crippen molar-refractivity contribution in [1.82, 2.24) is 10.6 Å². The highest BCUT2D eigenvalue weighted by molar-refractivity contribution is 5.73. The van der Waals surface area contributed by atoms with E-state index >= 15 is 0 Å². The molecule has 0 radical (unpaired) electrons. The van der Waals surface area contributed by atoms with Gasteiger partial charge in [0.15, 0.2) is 0 Å². The highest BCUT2D eigenvalue weighted by Crippen LogP contribution is 2.45. The first kappa shape index (κ1) is 12.3. The molecule has 0 aromatic carbocycles. The summed E-state index contributed by atoms with van der Waals surface area (Å²) in [7, 11) is 1.66. The van der Waals surface area contributed by atoms with Crippen LogP contribution in [0.4, 0.5) is 4.79 Å². The molecule has 3 heteroatoms. The van der Waals surface area contributed by atoms with Gasteiger partial charge in [-0.25, -0.2) is 4.79 Å². The van der Waals surface area contributed by atoms with Gasteiger partial charge in [-0.15, -0.1) is 0 Å². The maximum atomic E-state index is 11.1. The minimum Gasteiger partial charge on any atom is -0.341 e. The van der Waals surface area contributed by atoms with Crippen LogP contribution < -0.4 is 10.6 Å². The lowest BCUT2D eigenvalue weighted by molar-refractivity contribution is 0.0998. The van der Waals surface area contributed by atoms with E-state index in [1.54, 1.807) is 7.05 Å². The van der Waals surface area contributed by atoms with Gasteiger partial charge in [-0.2, -0.15) is 0 Å². The summed E-state index contributed by atoms with van der Waals surface area (Å²) in [5.41, 5.74) is 0.700. The van der Waals surface area contributed by atoms with Crippen molar-refractivity contribution in [1.29, 1.82) is 0 Å². The van der Waals surface area contributed by atoms with Crippen LogP contribution in [0.25, 0.3) is 0 Å². The third kappa shape index (κ3) is 3.73. The smallest absolute Gasteiger partial charge is 0.314 e. The second-order valence-corrected chi connectivity index (χ2v) is 5.94. The zero-order valence-electron chi connectivity index (χ0n) is 10.4. The molecular weight excluding hydrogens is 188 g/mol. The van der Waals surface area contributed by atoms with Crippen molar-refractivity contribution in [2.75, 3.05) is 13.6 Å². The van der Waals surface area contributed by atoms with Crippen LogP contribution >= 0.6 is 0 Å². The minimum absolute atomic E-state index is 0.0698. The van der Waals surface area contributed by atoms with Crippen molar-refractivity contribution in [2.45, 2.75) is 46.5 Å². The van der Waals surface area contributed by atoms with Gasteiger partial charge >= 0.3 is 6.03 Å².